The van der Waals surface area contributed by atoms with Crippen molar-refractivity contribution in [2.45, 2.75) is 51.0 Å². The highest BCUT2D eigenvalue weighted by Gasteiger charge is 2.35. The topological polar surface area (TPSA) is 83.4 Å². The van der Waals surface area contributed by atoms with Gasteiger partial charge in [-0.1, -0.05) is 29.8 Å². The molecule has 0 saturated carbocycles. The number of rotatable bonds is 7. The third kappa shape index (κ3) is 6.03. The first kappa shape index (κ1) is 27.5. The van der Waals surface area contributed by atoms with Crippen LogP contribution in [0.1, 0.15) is 70.9 Å². The number of hydrogen-bond acceptors (Lipinski definition) is 4. The Morgan fingerprint density at radius 3 is 2.66 bits per heavy atom. The molecule has 212 valence electrons. The third-order valence-electron chi connectivity index (χ3n) is 8.56. The van der Waals surface area contributed by atoms with Gasteiger partial charge in [0.05, 0.1) is 16.9 Å². The van der Waals surface area contributed by atoms with Gasteiger partial charge in [-0.2, -0.15) is 0 Å². The van der Waals surface area contributed by atoms with Crippen LogP contribution in [0.3, 0.4) is 0 Å². The van der Waals surface area contributed by atoms with E-state index >= 15 is 0 Å². The highest BCUT2D eigenvalue weighted by molar-refractivity contribution is 9.10. The number of carbonyl (C=O) groups excluding carboxylic acids is 2. The molecular weight excluding hydrogens is 580 g/mol. The van der Waals surface area contributed by atoms with Crippen molar-refractivity contribution in [3.63, 3.8) is 0 Å². The molecule has 2 aliphatic heterocycles. The normalized spacial score (nSPS) is 19.6. The van der Waals surface area contributed by atoms with Crippen molar-refractivity contribution in [1.82, 2.24) is 9.88 Å². The number of nitrogens with one attached hydrogen (secondary N) is 2. The predicted molar refractivity (Wildman–Crippen MR) is 166 cm³/mol. The summed E-state index contributed by atoms with van der Waals surface area (Å²) in [4.78, 5) is 41.4. The maximum absolute atomic E-state index is 13.4. The molecule has 8 heteroatoms. The molecule has 0 unspecified atom stereocenters. The van der Waals surface area contributed by atoms with Gasteiger partial charge in [-0.25, -0.2) is 0 Å². The number of nitrogens with zero attached hydrogens (tertiary/aromatic N) is 2. The number of benzene rings is 2. The summed E-state index contributed by atoms with van der Waals surface area (Å²) in [5, 5.41) is 6.18. The fourth-order valence-electron chi connectivity index (χ4n) is 6.55. The van der Waals surface area contributed by atoms with Crippen molar-refractivity contribution >= 4 is 39.1 Å². The van der Waals surface area contributed by atoms with Crippen molar-refractivity contribution in [1.29, 1.82) is 0 Å². The number of amides is 2. The highest BCUT2D eigenvalue weighted by atomic mass is 79.9. The van der Waals surface area contributed by atoms with Gasteiger partial charge < -0.3 is 20.1 Å². The Labute approximate surface area is 248 Å². The molecule has 3 heterocycles. The zero-order chi connectivity index (χ0) is 28.3. The van der Waals surface area contributed by atoms with E-state index in [0.717, 1.165) is 50.2 Å². The van der Waals surface area contributed by atoms with E-state index in [-0.39, 0.29) is 23.3 Å². The molecule has 1 aliphatic carbocycles. The number of pyridine rings is 1. The van der Waals surface area contributed by atoms with E-state index in [0.29, 0.717) is 40.3 Å². The minimum absolute atomic E-state index is 0.0576. The van der Waals surface area contributed by atoms with E-state index in [1.54, 1.807) is 18.2 Å². The van der Waals surface area contributed by atoms with Gasteiger partial charge in [-0.3, -0.25) is 14.4 Å². The highest BCUT2D eigenvalue weighted by Crippen LogP contribution is 2.39. The number of piperidine rings is 1. The fourth-order valence-corrected chi connectivity index (χ4v) is 7.02. The zero-order valence-electron chi connectivity index (χ0n) is 23.1. The maximum atomic E-state index is 13.4. The first-order chi connectivity index (χ1) is 20.0. The minimum atomic E-state index is -0.241. The van der Waals surface area contributed by atoms with E-state index in [1.807, 2.05) is 41.0 Å². The molecule has 1 aromatic heterocycles. The van der Waals surface area contributed by atoms with Crippen LogP contribution in [0.4, 0.5) is 11.4 Å². The van der Waals surface area contributed by atoms with E-state index in [2.05, 4.69) is 43.6 Å². The first-order valence-corrected chi connectivity index (χ1v) is 15.4. The molecule has 2 amide bonds. The summed E-state index contributed by atoms with van der Waals surface area (Å²) < 4.78 is 2.63. The molecule has 1 fully saturated rings. The number of carbonyl (C=O) groups is 2. The second-order valence-corrected chi connectivity index (χ2v) is 12.2. The fraction of sp³-hybridized carbons (Fsp3) is 0.364. The summed E-state index contributed by atoms with van der Waals surface area (Å²) in [5.74, 6) is 0.160. The third-order valence-corrected chi connectivity index (χ3v) is 9.25. The Kier molecular flexibility index (Phi) is 8.10. The molecule has 2 N–H and O–H groups in total. The molecule has 2 atom stereocenters. The lowest BCUT2D eigenvalue weighted by atomic mass is 9.83. The number of fused-ring (bicyclic) bond motifs is 4. The Hall–Kier alpha value is -3.65. The average molecular weight is 616 g/mol. The van der Waals surface area contributed by atoms with Crippen LogP contribution in [-0.2, 0) is 6.54 Å². The van der Waals surface area contributed by atoms with Crippen molar-refractivity contribution in [2.24, 2.45) is 5.92 Å². The molecule has 3 aromatic rings. The lowest BCUT2D eigenvalue weighted by Crippen LogP contribution is -2.47. The molecule has 0 spiro atoms. The van der Waals surface area contributed by atoms with Gasteiger partial charge in [0.25, 0.3) is 17.4 Å². The Bertz CT molecular complexity index is 1560. The SMILES string of the molecule is O=C(NCCC1=CCCCC1)c1ccc(N2C[C@H]3C[C@@H](C2)c2cccc(=O)n2C3)c(NC(=O)c2ccccc2Br)c1. The lowest BCUT2D eigenvalue weighted by Gasteiger charge is -2.44. The van der Waals surface area contributed by atoms with Gasteiger partial charge in [-0.05, 0) is 96.8 Å². The molecule has 1 saturated heterocycles. The zero-order valence-corrected chi connectivity index (χ0v) is 24.7. The molecule has 6 rings (SSSR count). The van der Waals surface area contributed by atoms with Crippen LogP contribution in [0.15, 0.2) is 81.6 Å². The van der Waals surface area contributed by atoms with E-state index in [9.17, 15) is 14.4 Å². The van der Waals surface area contributed by atoms with Crippen LogP contribution in [-0.4, -0.2) is 36.0 Å². The van der Waals surface area contributed by atoms with Gasteiger partial charge in [0.1, 0.15) is 0 Å². The lowest BCUT2D eigenvalue weighted by molar-refractivity contribution is 0.0952. The van der Waals surface area contributed by atoms with Crippen molar-refractivity contribution in [3.8, 4) is 0 Å². The van der Waals surface area contributed by atoms with Gasteiger partial charge in [0.15, 0.2) is 0 Å². The number of aromatic nitrogens is 1. The molecule has 3 aliphatic rings. The summed E-state index contributed by atoms with van der Waals surface area (Å²) in [5.41, 5.74) is 5.09. The quantitative estimate of drug-likeness (QED) is 0.315. The van der Waals surface area contributed by atoms with Crippen LogP contribution in [0.5, 0.6) is 0 Å². The summed E-state index contributed by atoms with van der Waals surface area (Å²) in [6.07, 6.45) is 8.94. The minimum Gasteiger partial charge on any atom is -0.369 e. The van der Waals surface area contributed by atoms with E-state index in [4.69, 9.17) is 0 Å². The van der Waals surface area contributed by atoms with Crippen molar-refractivity contribution in [3.05, 3.63) is 104 Å². The van der Waals surface area contributed by atoms with Crippen molar-refractivity contribution in [2.75, 3.05) is 29.9 Å². The van der Waals surface area contributed by atoms with Gasteiger partial charge in [0.2, 0.25) is 0 Å². The second-order valence-electron chi connectivity index (χ2n) is 11.4. The summed E-state index contributed by atoms with van der Waals surface area (Å²) in [6, 6.07) is 18.4. The summed E-state index contributed by atoms with van der Waals surface area (Å²) in [6.45, 7) is 2.80. The van der Waals surface area contributed by atoms with Gasteiger partial charge >= 0.3 is 0 Å². The summed E-state index contributed by atoms with van der Waals surface area (Å²) in [7, 11) is 0. The Balaban J connectivity index is 1.26. The molecule has 7 nitrogen and oxygen atoms in total. The number of allylic oxidation sites excluding steroid dienone is 1. The van der Waals surface area contributed by atoms with Gasteiger partial charge in [0, 0.05) is 53.9 Å². The van der Waals surface area contributed by atoms with Crippen LogP contribution in [0, 0.1) is 5.92 Å². The summed E-state index contributed by atoms with van der Waals surface area (Å²) >= 11 is 3.49. The number of halogens is 1. The standard InChI is InChI=1S/C33H35BrN4O3/c34-27-10-5-4-9-26(27)33(41)36-28-18-24(32(40)35-16-15-22-7-2-1-3-8-22)13-14-30(28)37-19-23-17-25(21-37)29-11-6-12-31(39)38(29)20-23/h4-7,9-14,18,23,25H,1-3,8,15-17,19-21H2,(H,35,40)(H,36,41)/t23-,25+/m1/s1. The first-order valence-electron chi connectivity index (χ1n) is 14.6. The largest absolute Gasteiger partial charge is 0.369 e. The molecule has 2 bridgehead atoms. The number of anilines is 2. The van der Waals surface area contributed by atoms with Crippen LogP contribution in [0.25, 0.3) is 0 Å². The number of hydrogen-bond donors (Lipinski definition) is 2. The van der Waals surface area contributed by atoms with Crippen molar-refractivity contribution < 1.29 is 9.59 Å². The van der Waals surface area contributed by atoms with Crippen LogP contribution >= 0.6 is 15.9 Å². The maximum Gasteiger partial charge on any atom is 0.256 e. The smallest absolute Gasteiger partial charge is 0.256 e. The molecule has 2 aromatic carbocycles. The Morgan fingerprint density at radius 2 is 1.83 bits per heavy atom. The predicted octanol–water partition coefficient (Wildman–Crippen LogP) is 6.11. The average Bonchev–Trinajstić information content (AvgIpc) is 2.98. The molecule has 41 heavy (non-hydrogen) atoms. The van der Waals surface area contributed by atoms with Gasteiger partial charge in [-0.15, -0.1) is 0 Å². The van der Waals surface area contributed by atoms with Crippen LogP contribution in [0.2, 0.25) is 0 Å². The van der Waals surface area contributed by atoms with E-state index in [1.165, 1.54) is 18.4 Å². The van der Waals surface area contributed by atoms with E-state index < -0.39 is 0 Å². The van der Waals surface area contributed by atoms with Crippen LogP contribution < -0.4 is 21.1 Å². The molecule has 0 radical (unpaired) electrons. The Morgan fingerprint density at radius 1 is 0.951 bits per heavy atom. The monoisotopic (exact) mass is 614 g/mol. The molecular formula is C33H35BrN4O3. The second kappa shape index (κ2) is 12.1.